The molecule has 0 bridgehead atoms. The Balaban J connectivity index is 2.17. The highest BCUT2D eigenvalue weighted by Gasteiger charge is 2.09. The minimum Gasteiger partial charge on any atom is -0.469 e. The summed E-state index contributed by atoms with van der Waals surface area (Å²) < 4.78 is 5.20. The molecule has 0 aliphatic carbocycles. The molecule has 18 heavy (non-hydrogen) atoms. The third-order valence-electron chi connectivity index (χ3n) is 2.44. The Hall–Kier alpha value is -1.82. The van der Waals surface area contributed by atoms with E-state index in [4.69, 9.17) is 10.2 Å². The molecule has 6 nitrogen and oxygen atoms in total. The highest BCUT2D eigenvalue weighted by atomic mass is 16.3. The number of nitrogens with one attached hydrogen (secondary N) is 2. The third kappa shape index (κ3) is 5.49. The monoisotopic (exact) mass is 253 g/mol. The van der Waals surface area contributed by atoms with Crippen molar-refractivity contribution in [1.82, 2.24) is 10.6 Å². The molecule has 1 aromatic heterocycles. The molecule has 6 heteroatoms. The van der Waals surface area contributed by atoms with Crippen molar-refractivity contribution in [3.8, 4) is 0 Å². The molecule has 0 aliphatic rings. The molecule has 0 saturated heterocycles. The highest BCUT2D eigenvalue weighted by Crippen LogP contribution is 2.05. The lowest BCUT2D eigenvalue weighted by molar-refractivity contribution is -0.125. The number of nitrogens with two attached hydrogens (primary N) is 1. The van der Waals surface area contributed by atoms with Crippen LogP contribution in [-0.2, 0) is 16.0 Å². The van der Waals surface area contributed by atoms with Crippen molar-refractivity contribution in [3.05, 3.63) is 24.2 Å². The molecule has 0 aliphatic heterocycles. The summed E-state index contributed by atoms with van der Waals surface area (Å²) in [5, 5.41) is 5.20. The summed E-state index contributed by atoms with van der Waals surface area (Å²) in [7, 11) is 0. The first-order valence-corrected chi connectivity index (χ1v) is 5.90. The van der Waals surface area contributed by atoms with Crippen LogP contribution in [0.2, 0.25) is 0 Å². The maximum atomic E-state index is 11.4. The Morgan fingerprint density at radius 2 is 2.22 bits per heavy atom. The van der Waals surface area contributed by atoms with Crippen LogP contribution in [0.25, 0.3) is 0 Å². The van der Waals surface area contributed by atoms with Gasteiger partial charge in [-0.1, -0.05) is 0 Å². The van der Waals surface area contributed by atoms with Gasteiger partial charge in [0.15, 0.2) is 0 Å². The second-order valence-corrected chi connectivity index (χ2v) is 4.07. The van der Waals surface area contributed by atoms with Gasteiger partial charge in [-0.15, -0.1) is 0 Å². The third-order valence-corrected chi connectivity index (χ3v) is 2.44. The highest BCUT2D eigenvalue weighted by molar-refractivity contribution is 5.85. The number of carbonyl (C=O) groups excluding carboxylic acids is 2. The second kappa shape index (κ2) is 7.50. The Labute approximate surface area is 106 Å². The molecule has 0 fully saturated rings. The zero-order valence-electron chi connectivity index (χ0n) is 10.4. The number of hydrogen-bond acceptors (Lipinski definition) is 4. The predicted octanol–water partition coefficient (Wildman–Crippen LogP) is -0.208. The molecule has 1 aromatic rings. The lowest BCUT2D eigenvalue weighted by Crippen LogP contribution is -2.42. The van der Waals surface area contributed by atoms with Crippen molar-refractivity contribution in [2.45, 2.75) is 25.8 Å². The summed E-state index contributed by atoms with van der Waals surface area (Å²) in [5.41, 5.74) is 5.11. The molecule has 4 N–H and O–H groups in total. The van der Waals surface area contributed by atoms with Gasteiger partial charge in [0.1, 0.15) is 5.76 Å². The fraction of sp³-hybridized carbons (Fsp3) is 0.500. The first kappa shape index (κ1) is 14.2. The summed E-state index contributed by atoms with van der Waals surface area (Å²) in [5.74, 6) is 0.338. The summed E-state index contributed by atoms with van der Waals surface area (Å²) in [6.45, 7) is 1.76. The molecular formula is C12H19N3O3. The average Bonchev–Trinajstić information content (AvgIpc) is 2.86. The lowest BCUT2D eigenvalue weighted by atomic mass is 10.1. The van der Waals surface area contributed by atoms with E-state index in [0.29, 0.717) is 0 Å². The van der Waals surface area contributed by atoms with Crippen molar-refractivity contribution in [1.29, 1.82) is 0 Å². The van der Waals surface area contributed by atoms with E-state index in [1.165, 1.54) is 0 Å². The summed E-state index contributed by atoms with van der Waals surface area (Å²) in [4.78, 5) is 22.3. The lowest BCUT2D eigenvalue weighted by Gasteiger charge is -2.13. The van der Waals surface area contributed by atoms with Gasteiger partial charge in [-0.25, -0.2) is 0 Å². The van der Waals surface area contributed by atoms with Gasteiger partial charge in [-0.3, -0.25) is 9.59 Å². The van der Waals surface area contributed by atoms with E-state index in [0.717, 1.165) is 18.6 Å². The maximum absolute atomic E-state index is 11.4. The van der Waals surface area contributed by atoms with Gasteiger partial charge in [0, 0.05) is 12.5 Å². The normalized spacial score (nSPS) is 11.9. The Kier molecular flexibility index (Phi) is 5.93. The smallest absolute Gasteiger partial charge is 0.239 e. The van der Waals surface area contributed by atoms with Gasteiger partial charge < -0.3 is 20.8 Å². The molecule has 0 radical (unpaired) electrons. The molecule has 1 unspecified atom stereocenters. The number of aryl methyl sites for hydroxylation is 1. The van der Waals surface area contributed by atoms with E-state index < -0.39 is 0 Å². The van der Waals surface area contributed by atoms with Crippen LogP contribution in [0.15, 0.2) is 22.8 Å². The standard InChI is InChI=1S/C12H19N3O3/c1-9(4-5-10-3-2-6-18-10)15-12(17)8-14-11(16)7-13/h2-3,6,9H,4-5,7-8,13H2,1H3,(H,14,16)(H,15,17). The van der Waals surface area contributed by atoms with Gasteiger partial charge in [0.05, 0.1) is 19.4 Å². The maximum Gasteiger partial charge on any atom is 0.239 e. The van der Waals surface area contributed by atoms with Crippen LogP contribution in [-0.4, -0.2) is 30.9 Å². The van der Waals surface area contributed by atoms with Crippen LogP contribution >= 0.6 is 0 Å². The molecule has 2 amide bonds. The van der Waals surface area contributed by atoms with Gasteiger partial charge >= 0.3 is 0 Å². The molecule has 0 saturated carbocycles. The molecule has 0 spiro atoms. The van der Waals surface area contributed by atoms with Gasteiger partial charge in [0.2, 0.25) is 11.8 Å². The topological polar surface area (TPSA) is 97.4 Å². The molecule has 1 heterocycles. The largest absolute Gasteiger partial charge is 0.469 e. The van der Waals surface area contributed by atoms with E-state index in [1.807, 2.05) is 19.1 Å². The van der Waals surface area contributed by atoms with Crippen molar-refractivity contribution < 1.29 is 14.0 Å². The van der Waals surface area contributed by atoms with Gasteiger partial charge in [-0.05, 0) is 25.5 Å². The number of carbonyl (C=O) groups is 2. The zero-order chi connectivity index (χ0) is 13.4. The number of furan rings is 1. The summed E-state index contributed by atoms with van der Waals surface area (Å²) in [6, 6.07) is 3.76. The van der Waals surface area contributed by atoms with Crippen molar-refractivity contribution in [3.63, 3.8) is 0 Å². The van der Waals surface area contributed by atoms with Crippen LogP contribution in [0.1, 0.15) is 19.1 Å². The second-order valence-electron chi connectivity index (χ2n) is 4.07. The van der Waals surface area contributed by atoms with Gasteiger partial charge in [-0.2, -0.15) is 0 Å². The Morgan fingerprint density at radius 3 is 2.83 bits per heavy atom. The van der Waals surface area contributed by atoms with Crippen LogP contribution < -0.4 is 16.4 Å². The minimum atomic E-state index is -0.339. The fourth-order valence-corrected chi connectivity index (χ4v) is 1.46. The van der Waals surface area contributed by atoms with E-state index in [1.54, 1.807) is 6.26 Å². The summed E-state index contributed by atoms with van der Waals surface area (Å²) >= 11 is 0. The quantitative estimate of drug-likeness (QED) is 0.626. The average molecular weight is 253 g/mol. The first-order valence-electron chi connectivity index (χ1n) is 5.90. The van der Waals surface area contributed by atoms with Crippen LogP contribution in [0, 0.1) is 0 Å². The molecule has 1 rings (SSSR count). The molecule has 0 aromatic carbocycles. The van der Waals surface area contributed by atoms with E-state index in [2.05, 4.69) is 10.6 Å². The first-order chi connectivity index (χ1) is 8.61. The minimum absolute atomic E-state index is 0.0254. The fourth-order valence-electron chi connectivity index (χ4n) is 1.46. The molecule has 1 atom stereocenters. The predicted molar refractivity (Wildman–Crippen MR) is 66.7 cm³/mol. The SMILES string of the molecule is CC(CCc1ccco1)NC(=O)CNC(=O)CN. The van der Waals surface area contributed by atoms with Crippen LogP contribution in [0.3, 0.4) is 0 Å². The van der Waals surface area contributed by atoms with Crippen molar-refractivity contribution >= 4 is 11.8 Å². The number of rotatable bonds is 7. The molecular weight excluding hydrogens is 234 g/mol. The zero-order valence-corrected chi connectivity index (χ0v) is 10.4. The van der Waals surface area contributed by atoms with Crippen molar-refractivity contribution in [2.24, 2.45) is 5.73 Å². The van der Waals surface area contributed by atoms with E-state index >= 15 is 0 Å². The van der Waals surface area contributed by atoms with E-state index in [9.17, 15) is 9.59 Å². The van der Waals surface area contributed by atoms with Crippen LogP contribution in [0.4, 0.5) is 0 Å². The number of hydrogen-bond donors (Lipinski definition) is 3. The molecule has 100 valence electrons. The van der Waals surface area contributed by atoms with E-state index in [-0.39, 0.29) is 30.9 Å². The Morgan fingerprint density at radius 1 is 1.44 bits per heavy atom. The van der Waals surface area contributed by atoms with Crippen molar-refractivity contribution in [2.75, 3.05) is 13.1 Å². The van der Waals surface area contributed by atoms with Gasteiger partial charge in [0.25, 0.3) is 0 Å². The van der Waals surface area contributed by atoms with Crippen LogP contribution in [0.5, 0.6) is 0 Å². The Bertz CT molecular complexity index is 376. The summed E-state index contributed by atoms with van der Waals surface area (Å²) in [6.07, 6.45) is 3.18. The number of amides is 2.